The van der Waals surface area contributed by atoms with E-state index in [2.05, 4.69) is 12.2 Å². The lowest BCUT2D eigenvalue weighted by Gasteiger charge is -2.10. The van der Waals surface area contributed by atoms with Crippen LogP contribution in [0, 0.1) is 0 Å². The summed E-state index contributed by atoms with van der Waals surface area (Å²) in [4.78, 5) is 11.6. The number of rotatable bonds is 9. The average molecular weight is 263 g/mol. The molecule has 0 spiro atoms. The first-order chi connectivity index (χ1) is 9.22. The Morgan fingerprint density at radius 2 is 1.95 bits per heavy atom. The predicted molar refractivity (Wildman–Crippen MR) is 77.7 cm³/mol. The highest BCUT2D eigenvalue weighted by molar-refractivity contribution is 5.75. The van der Waals surface area contributed by atoms with Crippen molar-refractivity contribution >= 4 is 5.91 Å². The molecule has 3 nitrogen and oxygen atoms in total. The van der Waals surface area contributed by atoms with Crippen molar-refractivity contribution in [3.05, 3.63) is 35.9 Å². The van der Waals surface area contributed by atoms with Crippen molar-refractivity contribution in [1.29, 1.82) is 0 Å². The van der Waals surface area contributed by atoms with Crippen molar-refractivity contribution in [2.45, 2.75) is 58.1 Å². The molecule has 1 rings (SSSR count). The topological polar surface area (TPSA) is 49.3 Å². The molecule has 0 bridgehead atoms. The third kappa shape index (κ3) is 7.62. The van der Waals surface area contributed by atoms with E-state index in [4.69, 9.17) is 0 Å². The molecule has 1 amide bonds. The number of carbonyl (C=O) groups is 1. The summed E-state index contributed by atoms with van der Waals surface area (Å²) in [5.41, 5.74) is 1.10. The molecule has 19 heavy (non-hydrogen) atoms. The number of aliphatic hydroxyl groups excluding tert-OH is 1. The molecule has 0 saturated carbocycles. The Kier molecular flexibility index (Phi) is 7.91. The summed E-state index contributed by atoms with van der Waals surface area (Å²) in [6.45, 7) is 2.70. The molecule has 1 aromatic rings. The van der Waals surface area contributed by atoms with Gasteiger partial charge in [-0.1, -0.05) is 56.5 Å². The smallest absolute Gasteiger partial charge is 0.220 e. The molecule has 2 N–H and O–H groups in total. The van der Waals surface area contributed by atoms with Gasteiger partial charge >= 0.3 is 0 Å². The molecular weight excluding hydrogens is 238 g/mol. The number of hydrogen-bond donors (Lipinski definition) is 2. The summed E-state index contributed by atoms with van der Waals surface area (Å²) in [5, 5.41) is 12.6. The molecule has 1 aromatic carbocycles. The lowest BCUT2D eigenvalue weighted by atomic mass is 10.1. The molecule has 0 aliphatic rings. The second-order valence-corrected chi connectivity index (χ2v) is 4.95. The van der Waals surface area contributed by atoms with Gasteiger partial charge in [0, 0.05) is 13.0 Å². The molecular formula is C16H25NO2. The van der Waals surface area contributed by atoms with E-state index in [0.717, 1.165) is 31.2 Å². The first kappa shape index (κ1) is 15.7. The van der Waals surface area contributed by atoms with Crippen LogP contribution in [0.4, 0.5) is 0 Å². The average Bonchev–Trinajstić information content (AvgIpc) is 2.44. The first-order valence-corrected chi connectivity index (χ1v) is 7.21. The van der Waals surface area contributed by atoms with E-state index in [9.17, 15) is 9.90 Å². The van der Waals surface area contributed by atoms with Gasteiger partial charge in [0.2, 0.25) is 5.91 Å². The molecule has 0 radical (unpaired) electrons. The van der Waals surface area contributed by atoms with Gasteiger partial charge in [0.05, 0.1) is 6.10 Å². The Morgan fingerprint density at radius 1 is 1.21 bits per heavy atom. The minimum absolute atomic E-state index is 0.0124. The van der Waals surface area contributed by atoms with Crippen LogP contribution in [0.2, 0.25) is 0 Å². The molecule has 0 unspecified atom stereocenters. The molecule has 0 aliphatic heterocycles. The monoisotopic (exact) mass is 263 g/mol. The van der Waals surface area contributed by atoms with Crippen LogP contribution in [-0.2, 0) is 11.3 Å². The van der Waals surface area contributed by atoms with Crippen molar-refractivity contribution in [2.75, 3.05) is 0 Å². The van der Waals surface area contributed by atoms with Gasteiger partial charge in [-0.25, -0.2) is 0 Å². The van der Waals surface area contributed by atoms with Crippen molar-refractivity contribution in [3.8, 4) is 0 Å². The van der Waals surface area contributed by atoms with Crippen LogP contribution in [0.15, 0.2) is 30.3 Å². The van der Waals surface area contributed by atoms with E-state index < -0.39 is 0 Å². The van der Waals surface area contributed by atoms with Gasteiger partial charge in [-0.15, -0.1) is 0 Å². The SMILES string of the molecule is CCCCC[C@H](O)CCC(=O)NCc1ccccc1. The Morgan fingerprint density at radius 3 is 2.63 bits per heavy atom. The highest BCUT2D eigenvalue weighted by Gasteiger charge is 2.07. The standard InChI is InChI=1S/C16H25NO2/c1-2-3-5-10-15(18)11-12-16(19)17-13-14-8-6-4-7-9-14/h4,6-9,15,18H,2-3,5,10-13H2,1H3,(H,17,19)/t15-/m0/s1. The zero-order valence-corrected chi connectivity index (χ0v) is 11.8. The summed E-state index contributed by atoms with van der Waals surface area (Å²) < 4.78 is 0. The van der Waals surface area contributed by atoms with Crippen LogP contribution < -0.4 is 5.32 Å². The fraction of sp³-hybridized carbons (Fsp3) is 0.562. The van der Waals surface area contributed by atoms with Gasteiger partial charge in [-0.05, 0) is 18.4 Å². The lowest BCUT2D eigenvalue weighted by Crippen LogP contribution is -2.24. The molecule has 1 atom stereocenters. The zero-order valence-electron chi connectivity index (χ0n) is 11.8. The second-order valence-electron chi connectivity index (χ2n) is 4.95. The van der Waals surface area contributed by atoms with E-state index in [1.54, 1.807) is 0 Å². The fourth-order valence-corrected chi connectivity index (χ4v) is 1.96. The molecule has 106 valence electrons. The largest absolute Gasteiger partial charge is 0.393 e. The maximum absolute atomic E-state index is 11.6. The summed E-state index contributed by atoms with van der Waals surface area (Å²) in [6, 6.07) is 9.84. The fourth-order valence-electron chi connectivity index (χ4n) is 1.96. The quantitative estimate of drug-likeness (QED) is 0.673. The molecule has 0 heterocycles. The number of hydrogen-bond acceptors (Lipinski definition) is 2. The maximum Gasteiger partial charge on any atom is 0.220 e. The van der Waals surface area contributed by atoms with Gasteiger partial charge in [0.1, 0.15) is 0 Å². The first-order valence-electron chi connectivity index (χ1n) is 7.21. The molecule has 0 fully saturated rings. The lowest BCUT2D eigenvalue weighted by molar-refractivity contribution is -0.121. The third-order valence-corrected chi connectivity index (χ3v) is 3.18. The number of aliphatic hydroxyl groups is 1. The Balaban J connectivity index is 2.11. The summed E-state index contributed by atoms with van der Waals surface area (Å²) >= 11 is 0. The number of benzene rings is 1. The normalized spacial score (nSPS) is 12.1. The van der Waals surface area contributed by atoms with E-state index in [1.165, 1.54) is 0 Å². The van der Waals surface area contributed by atoms with Gasteiger partial charge in [0.25, 0.3) is 0 Å². The summed E-state index contributed by atoms with van der Waals surface area (Å²) in [6.07, 6.45) is 4.78. The van der Waals surface area contributed by atoms with Crippen molar-refractivity contribution in [2.24, 2.45) is 0 Å². The van der Waals surface area contributed by atoms with Gasteiger partial charge in [0.15, 0.2) is 0 Å². The number of unbranched alkanes of at least 4 members (excludes halogenated alkanes) is 2. The van der Waals surface area contributed by atoms with Crippen molar-refractivity contribution < 1.29 is 9.90 Å². The minimum atomic E-state index is -0.339. The number of nitrogens with one attached hydrogen (secondary N) is 1. The van der Waals surface area contributed by atoms with Gasteiger partial charge in [-0.3, -0.25) is 4.79 Å². The van der Waals surface area contributed by atoms with E-state index in [-0.39, 0.29) is 12.0 Å². The Hall–Kier alpha value is -1.35. The second kappa shape index (κ2) is 9.56. The van der Waals surface area contributed by atoms with E-state index in [0.29, 0.717) is 19.4 Å². The molecule has 0 aromatic heterocycles. The highest BCUT2D eigenvalue weighted by atomic mass is 16.3. The Bertz CT molecular complexity index is 351. The third-order valence-electron chi connectivity index (χ3n) is 3.18. The van der Waals surface area contributed by atoms with Crippen LogP contribution >= 0.6 is 0 Å². The van der Waals surface area contributed by atoms with Crippen molar-refractivity contribution in [3.63, 3.8) is 0 Å². The van der Waals surface area contributed by atoms with Gasteiger partial charge in [-0.2, -0.15) is 0 Å². The van der Waals surface area contributed by atoms with Gasteiger partial charge < -0.3 is 10.4 Å². The van der Waals surface area contributed by atoms with E-state index in [1.807, 2.05) is 30.3 Å². The maximum atomic E-state index is 11.6. The molecule has 0 saturated heterocycles. The number of amides is 1. The Labute approximate surface area is 116 Å². The molecule has 0 aliphatic carbocycles. The zero-order chi connectivity index (χ0) is 13.9. The van der Waals surface area contributed by atoms with Crippen LogP contribution in [0.3, 0.4) is 0 Å². The van der Waals surface area contributed by atoms with Crippen LogP contribution in [0.5, 0.6) is 0 Å². The van der Waals surface area contributed by atoms with Crippen LogP contribution in [0.1, 0.15) is 51.0 Å². The number of carbonyl (C=O) groups excluding carboxylic acids is 1. The highest BCUT2D eigenvalue weighted by Crippen LogP contribution is 2.08. The predicted octanol–water partition coefficient (Wildman–Crippen LogP) is 3.02. The van der Waals surface area contributed by atoms with Crippen LogP contribution in [-0.4, -0.2) is 17.1 Å². The molecule has 3 heteroatoms. The van der Waals surface area contributed by atoms with Crippen molar-refractivity contribution in [1.82, 2.24) is 5.32 Å². The minimum Gasteiger partial charge on any atom is -0.393 e. The summed E-state index contributed by atoms with van der Waals surface area (Å²) in [7, 11) is 0. The van der Waals surface area contributed by atoms with E-state index >= 15 is 0 Å². The summed E-state index contributed by atoms with van der Waals surface area (Å²) in [5.74, 6) is 0.0124. The van der Waals surface area contributed by atoms with Crippen LogP contribution in [0.25, 0.3) is 0 Å².